The van der Waals surface area contributed by atoms with E-state index in [9.17, 15) is 71.5 Å². The molecule has 0 amide bonds. The summed E-state index contributed by atoms with van der Waals surface area (Å²) in [5, 5.41) is 142. The van der Waals surface area contributed by atoms with Crippen LogP contribution in [0.25, 0.3) is 0 Å². The van der Waals surface area contributed by atoms with Gasteiger partial charge in [0.05, 0.1) is 26.4 Å². The summed E-state index contributed by atoms with van der Waals surface area (Å²) in [5.74, 6) is 0. The monoisotopic (exact) mass is 666 g/mol. The van der Waals surface area contributed by atoms with Crippen LogP contribution < -0.4 is 0 Å². The molecular formula is C24H42O21. The minimum absolute atomic E-state index is 0.761. The number of hydrogen-bond donors (Lipinski definition) is 14. The lowest BCUT2D eigenvalue weighted by atomic mass is 9.96. The van der Waals surface area contributed by atoms with Crippen molar-refractivity contribution in [2.45, 2.75) is 123 Å². The van der Waals surface area contributed by atoms with Crippen LogP contribution in [-0.2, 0) is 33.2 Å². The molecule has 264 valence electrons. The second-order valence-electron chi connectivity index (χ2n) is 11.2. The third-order valence-corrected chi connectivity index (χ3v) is 8.18. The molecule has 14 N–H and O–H groups in total. The van der Waals surface area contributed by atoms with Crippen LogP contribution in [0.1, 0.15) is 0 Å². The van der Waals surface area contributed by atoms with Gasteiger partial charge in [-0.3, -0.25) is 0 Å². The van der Waals surface area contributed by atoms with E-state index in [2.05, 4.69) is 0 Å². The molecular weight excluding hydrogens is 624 g/mol. The van der Waals surface area contributed by atoms with Crippen LogP contribution in [-0.4, -0.2) is 221 Å². The second kappa shape index (κ2) is 15.6. The van der Waals surface area contributed by atoms with Crippen molar-refractivity contribution in [2.75, 3.05) is 26.4 Å². The lowest BCUT2D eigenvalue weighted by Crippen LogP contribution is -2.67. The zero-order chi connectivity index (χ0) is 33.3. The van der Waals surface area contributed by atoms with E-state index in [0.29, 0.717) is 0 Å². The van der Waals surface area contributed by atoms with E-state index < -0.39 is 149 Å². The molecule has 0 aromatic heterocycles. The van der Waals surface area contributed by atoms with E-state index in [1.165, 1.54) is 0 Å². The fraction of sp³-hybridized carbons (Fsp3) is 1.00. The highest BCUT2D eigenvalue weighted by Crippen LogP contribution is 2.33. The van der Waals surface area contributed by atoms with E-state index >= 15 is 0 Å². The Hall–Kier alpha value is -0.840. The van der Waals surface area contributed by atoms with Gasteiger partial charge in [-0.05, 0) is 0 Å². The van der Waals surface area contributed by atoms with Gasteiger partial charge in [-0.25, -0.2) is 0 Å². The molecule has 4 rings (SSSR count). The third kappa shape index (κ3) is 7.59. The average Bonchev–Trinajstić information content (AvgIpc) is 3.03. The predicted octanol–water partition coefficient (Wildman–Crippen LogP) is -9.75. The van der Waals surface area contributed by atoms with Crippen molar-refractivity contribution in [3.63, 3.8) is 0 Å². The predicted molar refractivity (Wildman–Crippen MR) is 134 cm³/mol. The third-order valence-electron chi connectivity index (χ3n) is 8.18. The summed E-state index contributed by atoms with van der Waals surface area (Å²) in [5.41, 5.74) is 0. The summed E-state index contributed by atoms with van der Waals surface area (Å²) in [4.78, 5) is 0. The minimum atomic E-state index is -2.06. The number of aliphatic hydroxyl groups is 14. The van der Waals surface area contributed by atoms with Crippen molar-refractivity contribution in [2.24, 2.45) is 0 Å². The first-order valence-electron chi connectivity index (χ1n) is 14.1. The SMILES string of the molecule is OC[C@H]1O[C@H](OC[C@H]2O[C@H](O[C@H]3[C@H](O)[C@@H](O)[C@@H](O)O[C@@H]3CO)[C@H](O)[C@@H](O)[C@H]2O[C@H]2O[C@H](CO)[C@@H](O)[C@H](O)[C@H]2O)[C@H](O)[C@@H](O)[C@@H]1O. The molecule has 0 aromatic rings. The summed E-state index contributed by atoms with van der Waals surface area (Å²) < 4.78 is 38.0. The van der Waals surface area contributed by atoms with Crippen LogP contribution in [0.2, 0.25) is 0 Å². The minimum Gasteiger partial charge on any atom is -0.394 e. The molecule has 20 atom stereocenters. The van der Waals surface area contributed by atoms with E-state index in [4.69, 9.17) is 33.2 Å². The molecule has 0 spiro atoms. The van der Waals surface area contributed by atoms with E-state index in [1.807, 2.05) is 0 Å². The van der Waals surface area contributed by atoms with Crippen LogP contribution in [0.3, 0.4) is 0 Å². The average molecular weight is 667 g/mol. The Labute approximate surface area is 254 Å². The Bertz CT molecular complexity index is 912. The molecule has 0 radical (unpaired) electrons. The van der Waals surface area contributed by atoms with Gasteiger partial charge < -0.3 is 105 Å². The van der Waals surface area contributed by atoms with E-state index in [0.717, 1.165) is 0 Å². The first-order chi connectivity index (χ1) is 21.2. The molecule has 0 unspecified atom stereocenters. The van der Waals surface area contributed by atoms with Crippen LogP contribution in [0.15, 0.2) is 0 Å². The van der Waals surface area contributed by atoms with Gasteiger partial charge in [0, 0.05) is 0 Å². The number of rotatable bonds is 10. The zero-order valence-electron chi connectivity index (χ0n) is 23.5. The second-order valence-corrected chi connectivity index (χ2v) is 11.2. The van der Waals surface area contributed by atoms with Crippen molar-refractivity contribution in [1.82, 2.24) is 0 Å². The van der Waals surface area contributed by atoms with Gasteiger partial charge in [0.25, 0.3) is 0 Å². The normalized spacial score (nSPS) is 52.9. The molecule has 4 heterocycles. The molecule has 45 heavy (non-hydrogen) atoms. The molecule has 0 aliphatic carbocycles. The highest BCUT2D eigenvalue weighted by molar-refractivity contribution is 4.97. The molecule has 0 aromatic carbocycles. The quantitative estimate of drug-likeness (QED) is 0.103. The summed E-state index contributed by atoms with van der Waals surface area (Å²) >= 11 is 0. The fourth-order valence-electron chi connectivity index (χ4n) is 5.44. The van der Waals surface area contributed by atoms with Gasteiger partial charge in [0.2, 0.25) is 0 Å². The zero-order valence-corrected chi connectivity index (χ0v) is 23.5. The van der Waals surface area contributed by atoms with Gasteiger partial charge in [-0.1, -0.05) is 0 Å². The Morgan fingerprint density at radius 3 is 1.29 bits per heavy atom. The maximum atomic E-state index is 11.1. The Kier molecular flexibility index (Phi) is 12.8. The summed E-state index contributed by atoms with van der Waals surface area (Å²) in [6, 6.07) is 0. The van der Waals surface area contributed by atoms with Gasteiger partial charge in [-0.2, -0.15) is 0 Å². The molecule has 0 saturated carbocycles. The van der Waals surface area contributed by atoms with Crippen LogP contribution >= 0.6 is 0 Å². The Morgan fingerprint density at radius 2 is 0.778 bits per heavy atom. The van der Waals surface area contributed by atoms with Crippen molar-refractivity contribution in [3.8, 4) is 0 Å². The Morgan fingerprint density at radius 1 is 0.378 bits per heavy atom. The van der Waals surface area contributed by atoms with Gasteiger partial charge in [0.15, 0.2) is 25.2 Å². The molecule has 21 heteroatoms. The summed E-state index contributed by atoms with van der Waals surface area (Å²) in [7, 11) is 0. The van der Waals surface area contributed by atoms with Crippen molar-refractivity contribution < 1.29 is 105 Å². The van der Waals surface area contributed by atoms with Crippen LogP contribution in [0.4, 0.5) is 0 Å². The molecule has 4 fully saturated rings. The summed E-state index contributed by atoms with van der Waals surface area (Å²) in [6.45, 7) is -3.21. The number of hydrogen-bond acceptors (Lipinski definition) is 21. The fourth-order valence-corrected chi connectivity index (χ4v) is 5.44. The molecule has 4 aliphatic rings. The largest absolute Gasteiger partial charge is 0.394 e. The molecule has 4 saturated heterocycles. The van der Waals surface area contributed by atoms with Crippen molar-refractivity contribution in [3.05, 3.63) is 0 Å². The van der Waals surface area contributed by atoms with Crippen molar-refractivity contribution >= 4 is 0 Å². The maximum Gasteiger partial charge on any atom is 0.187 e. The van der Waals surface area contributed by atoms with Gasteiger partial charge >= 0.3 is 0 Å². The maximum absolute atomic E-state index is 11.1. The number of aliphatic hydroxyl groups excluding tert-OH is 14. The topological polar surface area (TPSA) is 348 Å². The summed E-state index contributed by atoms with van der Waals surface area (Å²) in [6.07, 6.45) is -35.6. The highest BCUT2D eigenvalue weighted by atomic mass is 16.8. The Balaban J connectivity index is 1.56. The van der Waals surface area contributed by atoms with Gasteiger partial charge in [0.1, 0.15) is 97.7 Å². The molecule has 21 nitrogen and oxygen atoms in total. The van der Waals surface area contributed by atoms with Crippen molar-refractivity contribution in [1.29, 1.82) is 0 Å². The first-order valence-corrected chi connectivity index (χ1v) is 14.1. The molecule has 0 bridgehead atoms. The first kappa shape index (κ1) is 37.0. The highest BCUT2D eigenvalue weighted by Gasteiger charge is 2.54. The van der Waals surface area contributed by atoms with E-state index in [-0.39, 0.29) is 0 Å². The molecule has 4 aliphatic heterocycles. The standard InChI is InChI=1S/C24H42O21/c25-1-5-9(28)11(30)16(35)22(41-5)39-4-8-20(45-23-17(36)12(31)10(29)6(2-26)42-23)14(33)18(37)24(43-8)44-19-7(3-27)40-21(38)15(34)13(19)32/h5-38H,1-4H2/t5-,6-,7-,8-,9-,10-,11+,12+,13-,14-,15-,16-,17-,18-,19-,20+,21+,22+,23-,24-/m1/s1. The van der Waals surface area contributed by atoms with E-state index in [1.54, 1.807) is 0 Å². The number of ether oxygens (including phenoxy) is 7. The lowest BCUT2D eigenvalue weighted by Gasteiger charge is -2.48. The smallest absolute Gasteiger partial charge is 0.187 e. The van der Waals surface area contributed by atoms with Gasteiger partial charge in [-0.15, -0.1) is 0 Å². The van der Waals surface area contributed by atoms with Crippen LogP contribution in [0.5, 0.6) is 0 Å². The van der Waals surface area contributed by atoms with Crippen LogP contribution in [0, 0.1) is 0 Å². The lowest BCUT2D eigenvalue weighted by molar-refractivity contribution is -0.383.